The highest BCUT2D eigenvalue weighted by Crippen LogP contribution is 2.38. The summed E-state index contributed by atoms with van der Waals surface area (Å²) in [5, 5.41) is 5.38. The SMILES string of the molecule is CC(=O)NOc1ccc2c(-c3ccccc3)c(-c3cc(C)nn3-c3ccc(Br)cc3)c(=O)oc2c1. The van der Waals surface area contributed by atoms with E-state index in [1.165, 1.54) is 6.92 Å². The Morgan fingerprint density at radius 3 is 2.46 bits per heavy atom. The van der Waals surface area contributed by atoms with Gasteiger partial charge in [-0.15, -0.1) is 0 Å². The standard InChI is InChI=1S/C27H20BrN3O4/c1-16-14-23(31(29-16)20-10-8-19(28)9-11-20)26-25(18-6-4-3-5-7-18)22-13-12-21(35-30-17(2)32)15-24(22)34-27(26)33/h3-15H,1-2H3,(H,30,32). The Morgan fingerprint density at radius 2 is 1.74 bits per heavy atom. The Balaban J connectivity index is 1.79. The van der Waals surface area contributed by atoms with E-state index in [0.29, 0.717) is 22.6 Å². The molecule has 0 aliphatic carbocycles. The van der Waals surface area contributed by atoms with E-state index >= 15 is 0 Å². The van der Waals surface area contributed by atoms with Gasteiger partial charge in [-0.1, -0.05) is 46.3 Å². The van der Waals surface area contributed by atoms with Gasteiger partial charge in [0.15, 0.2) is 5.75 Å². The van der Waals surface area contributed by atoms with E-state index < -0.39 is 5.63 Å². The molecule has 0 radical (unpaired) electrons. The zero-order chi connectivity index (χ0) is 24.5. The first-order valence-corrected chi connectivity index (χ1v) is 11.6. The fraction of sp³-hybridized carbons (Fsp3) is 0.0741. The monoisotopic (exact) mass is 529 g/mol. The van der Waals surface area contributed by atoms with Crippen LogP contribution in [-0.2, 0) is 4.79 Å². The van der Waals surface area contributed by atoms with Crippen molar-refractivity contribution in [2.24, 2.45) is 0 Å². The maximum Gasteiger partial charge on any atom is 0.346 e. The molecule has 0 saturated carbocycles. The predicted molar refractivity (Wildman–Crippen MR) is 137 cm³/mol. The smallest absolute Gasteiger partial charge is 0.346 e. The minimum Gasteiger partial charge on any atom is -0.422 e. The molecule has 0 aliphatic heterocycles. The molecule has 3 aromatic carbocycles. The summed E-state index contributed by atoms with van der Waals surface area (Å²) in [6.07, 6.45) is 0. The van der Waals surface area contributed by atoms with Crippen molar-refractivity contribution in [3.8, 4) is 33.8 Å². The predicted octanol–water partition coefficient (Wildman–Crippen LogP) is 5.81. The molecule has 0 bridgehead atoms. The summed E-state index contributed by atoms with van der Waals surface area (Å²) in [6, 6.07) is 24.4. The Bertz CT molecular complexity index is 1610. The van der Waals surface area contributed by atoms with Crippen molar-refractivity contribution in [1.82, 2.24) is 15.3 Å². The van der Waals surface area contributed by atoms with E-state index in [1.807, 2.05) is 73.7 Å². The van der Waals surface area contributed by atoms with Crippen LogP contribution in [0.2, 0.25) is 0 Å². The number of nitrogens with one attached hydrogen (secondary N) is 1. The van der Waals surface area contributed by atoms with E-state index in [9.17, 15) is 9.59 Å². The number of halogens is 1. The summed E-state index contributed by atoms with van der Waals surface area (Å²) in [6.45, 7) is 3.23. The van der Waals surface area contributed by atoms with Crippen molar-refractivity contribution in [2.75, 3.05) is 0 Å². The number of hydrogen-bond donors (Lipinski definition) is 1. The number of amides is 1. The second-order valence-electron chi connectivity index (χ2n) is 7.98. The summed E-state index contributed by atoms with van der Waals surface area (Å²) in [7, 11) is 0. The lowest BCUT2D eigenvalue weighted by atomic mass is 9.95. The van der Waals surface area contributed by atoms with Crippen LogP contribution in [0.15, 0.2) is 92.5 Å². The Hall–Kier alpha value is -4.17. The molecule has 5 aromatic rings. The topological polar surface area (TPSA) is 86.4 Å². The average molecular weight is 530 g/mol. The minimum atomic E-state index is -0.508. The summed E-state index contributed by atoms with van der Waals surface area (Å²) in [5.41, 5.74) is 6.30. The maximum atomic E-state index is 13.5. The second-order valence-corrected chi connectivity index (χ2v) is 8.90. The summed E-state index contributed by atoms with van der Waals surface area (Å²) in [5.74, 6) is 0.00167. The minimum absolute atomic E-state index is 0.340. The molecule has 5 rings (SSSR count). The van der Waals surface area contributed by atoms with Gasteiger partial charge >= 0.3 is 5.63 Å². The summed E-state index contributed by atoms with van der Waals surface area (Å²) >= 11 is 3.46. The Morgan fingerprint density at radius 1 is 1.00 bits per heavy atom. The van der Waals surface area contributed by atoms with Crippen LogP contribution in [0.1, 0.15) is 12.6 Å². The third-order valence-corrected chi connectivity index (χ3v) is 5.94. The molecule has 8 heteroatoms. The zero-order valence-corrected chi connectivity index (χ0v) is 20.5. The molecule has 1 amide bonds. The van der Waals surface area contributed by atoms with E-state index in [2.05, 4.69) is 26.5 Å². The first kappa shape index (κ1) is 22.6. The number of carbonyl (C=O) groups excluding carboxylic acids is 1. The van der Waals surface area contributed by atoms with E-state index in [4.69, 9.17) is 9.25 Å². The van der Waals surface area contributed by atoms with Crippen LogP contribution in [0, 0.1) is 6.92 Å². The molecule has 0 saturated heterocycles. The van der Waals surface area contributed by atoms with Gasteiger partial charge in [0.05, 0.1) is 22.6 Å². The van der Waals surface area contributed by atoms with Gasteiger partial charge in [0.25, 0.3) is 0 Å². The Labute approximate surface area is 209 Å². The Kier molecular flexibility index (Phi) is 5.96. The lowest BCUT2D eigenvalue weighted by molar-refractivity contribution is -0.125. The molecule has 35 heavy (non-hydrogen) atoms. The molecule has 0 atom stereocenters. The van der Waals surface area contributed by atoms with Crippen molar-refractivity contribution >= 4 is 32.8 Å². The van der Waals surface area contributed by atoms with Crippen LogP contribution in [-0.4, -0.2) is 15.7 Å². The molecule has 0 aliphatic rings. The number of hydroxylamine groups is 1. The number of carbonyl (C=O) groups is 1. The first-order valence-electron chi connectivity index (χ1n) is 10.8. The largest absolute Gasteiger partial charge is 0.422 e. The molecule has 2 heterocycles. The lowest BCUT2D eigenvalue weighted by Crippen LogP contribution is -2.23. The highest BCUT2D eigenvalue weighted by molar-refractivity contribution is 9.10. The van der Waals surface area contributed by atoms with Gasteiger partial charge in [0, 0.05) is 28.4 Å². The van der Waals surface area contributed by atoms with E-state index in [0.717, 1.165) is 32.4 Å². The summed E-state index contributed by atoms with van der Waals surface area (Å²) < 4.78 is 8.47. The molecule has 0 fully saturated rings. The number of benzene rings is 3. The van der Waals surface area contributed by atoms with Crippen molar-refractivity contribution in [3.63, 3.8) is 0 Å². The number of hydrogen-bond acceptors (Lipinski definition) is 5. The van der Waals surface area contributed by atoms with Crippen LogP contribution in [0.3, 0.4) is 0 Å². The lowest BCUT2D eigenvalue weighted by Gasteiger charge is -2.14. The third-order valence-electron chi connectivity index (χ3n) is 5.41. The number of fused-ring (bicyclic) bond motifs is 1. The quantitative estimate of drug-likeness (QED) is 0.229. The normalized spacial score (nSPS) is 10.9. The zero-order valence-electron chi connectivity index (χ0n) is 18.9. The van der Waals surface area contributed by atoms with Crippen molar-refractivity contribution < 1.29 is 14.0 Å². The maximum absolute atomic E-state index is 13.5. The van der Waals surface area contributed by atoms with Gasteiger partial charge < -0.3 is 9.25 Å². The molecule has 0 spiro atoms. The van der Waals surface area contributed by atoms with Gasteiger partial charge in [-0.05, 0) is 55.0 Å². The van der Waals surface area contributed by atoms with Gasteiger partial charge in [-0.25, -0.2) is 9.48 Å². The molecular formula is C27H20BrN3O4. The van der Waals surface area contributed by atoms with Crippen LogP contribution in [0.4, 0.5) is 0 Å². The molecule has 2 aromatic heterocycles. The van der Waals surface area contributed by atoms with Crippen LogP contribution < -0.4 is 15.9 Å². The molecule has 1 N–H and O–H groups in total. The first-order chi connectivity index (χ1) is 16.9. The highest BCUT2D eigenvalue weighted by atomic mass is 79.9. The van der Waals surface area contributed by atoms with Gasteiger partial charge in [-0.3, -0.25) is 4.79 Å². The number of nitrogens with zero attached hydrogens (tertiary/aromatic N) is 2. The van der Waals surface area contributed by atoms with Crippen molar-refractivity contribution in [2.45, 2.75) is 13.8 Å². The van der Waals surface area contributed by atoms with Crippen LogP contribution in [0.25, 0.3) is 39.0 Å². The van der Waals surface area contributed by atoms with Crippen LogP contribution in [0.5, 0.6) is 5.75 Å². The van der Waals surface area contributed by atoms with Gasteiger partial charge in [0.2, 0.25) is 5.91 Å². The summed E-state index contributed by atoms with van der Waals surface area (Å²) in [4.78, 5) is 30.0. The molecular weight excluding hydrogens is 510 g/mol. The second kappa shape index (κ2) is 9.23. The molecule has 174 valence electrons. The molecule has 7 nitrogen and oxygen atoms in total. The number of aromatic nitrogens is 2. The highest BCUT2D eigenvalue weighted by Gasteiger charge is 2.23. The van der Waals surface area contributed by atoms with Crippen molar-refractivity contribution in [3.05, 3.63) is 99.4 Å². The van der Waals surface area contributed by atoms with Gasteiger partial charge in [-0.2, -0.15) is 10.6 Å². The van der Waals surface area contributed by atoms with Gasteiger partial charge in [0.1, 0.15) is 5.58 Å². The fourth-order valence-corrected chi connectivity index (χ4v) is 4.23. The average Bonchev–Trinajstić information content (AvgIpc) is 3.23. The molecule has 0 unspecified atom stereocenters. The van der Waals surface area contributed by atoms with Crippen LogP contribution >= 0.6 is 15.9 Å². The van der Waals surface area contributed by atoms with Crippen molar-refractivity contribution in [1.29, 1.82) is 0 Å². The van der Waals surface area contributed by atoms with E-state index in [-0.39, 0.29) is 5.91 Å². The number of aryl methyl sites for hydroxylation is 1. The number of rotatable bonds is 5. The van der Waals surface area contributed by atoms with E-state index in [1.54, 1.807) is 16.8 Å². The fourth-order valence-electron chi connectivity index (χ4n) is 3.97. The third kappa shape index (κ3) is 4.48.